The second-order valence-electron chi connectivity index (χ2n) is 4.39. The second kappa shape index (κ2) is 3.94. The van der Waals surface area contributed by atoms with Gasteiger partial charge in [-0.2, -0.15) is 0 Å². The van der Waals surface area contributed by atoms with Crippen molar-refractivity contribution in [1.29, 1.82) is 0 Å². The third kappa shape index (κ3) is 1.42. The topological polar surface area (TPSA) is 75.7 Å². The van der Waals surface area contributed by atoms with Crippen LogP contribution in [0.25, 0.3) is 11.5 Å². The number of carbonyl (C=O) groups is 2. The molecule has 96 valence electrons. The van der Waals surface area contributed by atoms with Gasteiger partial charge in [-0.15, -0.1) is 11.3 Å². The highest BCUT2D eigenvalue weighted by molar-refractivity contribution is 7.07. The van der Waals surface area contributed by atoms with Crippen LogP contribution in [0.1, 0.15) is 32.1 Å². The lowest BCUT2D eigenvalue weighted by atomic mass is 9.90. The number of benzene rings is 1. The molecule has 6 heteroatoms. The summed E-state index contributed by atoms with van der Waals surface area (Å²) in [5.74, 6) is 0.0165. The van der Waals surface area contributed by atoms with Crippen LogP contribution < -0.4 is 0 Å². The van der Waals surface area contributed by atoms with Crippen LogP contribution in [0.4, 0.5) is 0 Å². The first kappa shape index (κ1) is 11.2. The number of thiazole rings is 1. The number of H-pyrrole nitrogens is 1. The molecule has 1 aliphatic rings. The second-order valence-corrected chi connectivity index (χ2v) is 5.11. The maximum absolute atomic E-state index is 12.4. The fraction of sp³-hybridized carbons (Fsp3) is 0. The Labute approximate surface area is 117 Å². The quantitative estimate of drug-likeness (QED) is 0.581. The summed E-state index contributed by atoms with van der Waals surface area (Å²) in [6, 6.07) is 6.79. The number of ketones is 2. The van der Waals surface area contributed by atoms with E-state index in [0.29, 0.717) is 22.6 Å². The fourth-order valence-electron chi connectivity index (χ4n) is 2.29. The number of hydrogen-bond donors (Lipinski definition) is 1. The minimum Gasteiger partial charge on any atom is -0.333 e. The molecule has 3 aromatic rings. The van der Waals surface area contributed by atoms with Gasteiger partial charge < -0.3 is 4.98 Å². The summed E-state index contributed by atoms with van der Waals surface area (Å²) in [6.45, 7) is 0. The van der Waals surface area contributed by atoms with Crippen molar-refractivity contribution in [1.82, 2.24) is 15.0 Å². The molecule has 0 saturated heterocycles. The van der Waals surface area contributed by atoms with Gasteiger partial charge in [0.15, 0.2) is 5.82 Å². The van der Waals surface area contributed by atoms with Crippen molar-refractivity contribution in [2.75, 3.05) is 0 Å². The largest absolute Gasteiger partial charge is 0.333 e. The number of nitrogens with one attached hydrogen (secondary N) is 1. The Morgan fingerprint density at radius 2 is 1.80 bits per heavy atom. The summed E-state index contributed by atoms with van der Waals surface area (Å²) in [5.41, 5.74) is 3.55. The molecule has 0 radical (unpaired) electrons. The third-order valence-electron chi connectivity index (χ3n) is 3.24. The van der Waals surface area contributed by atoms with Crippen LogP contribution in [0.5, 0.6) is 0 Å². The minimum absolute atomic E-state index is 0.178. The van der Waals surface area contributed by atoms with Crippen LogP contribution in [-0.2, 0) is 0 Å². The number of hydrogen-bond acceptors (Lipinski definition) is 5. The van der Waals surface area contributed by atoms with Gasteiger partial charge in [-0.25, -0.2) is 9.97 Å². The lowest BCUT2D eigenvalue weighted by Gasteiger charge is -2.11. The summed E-state index contributed by atoms with van der Waals surface area (Å²) in [5, 5.41) is 1.81. The molecule has 0 spiro atoms. The zero-order chi connectivity index (χ0) is 13.7. The molecule has 0 atom stereocenters. The van der Waals surface area contributed by atoms with Crippen molar-refractivity contribution in [3.05, 3.63) is 57.7 Å². The summed E-state index contributed by atoms with van der Waals surface area (Å²) >= 11 is 1.43. The normalized spacial score (nSPS) is 13.2. The standard InChI is InChI=1S/C14H7N3O2S/c18-12-7-3-1-2-4-8(7)13(19)11-10(12)16-14(17-11)9-5-20-6-15-9/h1-6H,(H,16,17). The van der Waals surface area contributed by atoms with E-state index in [9.17, 15) is 9.59 Å². The Kier molecular flexibility index (Phi) is 2.22. The van der Waals surface area contributed by atoms with Crippen LogP contribution in [-0.4, -0.2) is 26.5 Å². The minimum atomic E-state index is -0.229. The first-order valence-corrected chi connectivity index (χ1v) is 6.87. The van der Waals surface area contributed by atoms with Gasteiger partial charge in [0.2, 0.25) is 11.6 Å². The molecule has 0 unspecified atom stereocenters. The van der Waals surface area contributed by atoms with E-state index in [4.69, 9.17) is 0 Å². The highest BCUT2D eigenvalue weighted by Crippen LogP contribution is 2.28. The van der Waals surface area contributed by atoms with Crippen molar-refractivity contribution < 1.29 is 9.59 Å². The zero-order valence-electron chi connectivity index (χ0n) is 10.1. The molecule has 2 aromatic heterocycles. The van der Waals surface area contributed by atoms with Crippen molar-refractivity contribution >= 4 is 22.9 Å². The maximum atomic E-state index is 12.4. The first-order valence-electron chi connectivity index (χ1n) is 5.92. The number of rotatable bonds is 1. The van der Waals surface area contributed by atoms with Crippen LogP contribution in [0.15, 0.2) is 35.2 Å². The third-order valence-corrected chi connectivity index (χ3v) is 3.82. The van der Waals surface area contributed by atoms with Crippen molar-refractivity contribution in [3.8, 4) is 11.5 Å². The smallest absolute Gasteiger partial charge is 0.214 e. The molecule has 5 nitrogen and oxygen atoms in total. The van der Waals surface area contributed by atoms with Gasteiger partial charge in [-0.1, -0.05) is 24.3 Å². The Hall–Kier alpha value is -2.60. The van der Waals surface area contributed by atoms with Crippen molar-refractivity contribution in [2.24, 2.45) is 0 Å². The summed E-state index contributed by atoms with van der Waals surface area (Å²) < 4.78 is 0. The number of imidazole rings is 1. The van der Waals surface area contributed by atoms with Crippen molar-refractivity contribution in [3.63, 3.8) is 0 Å². The number of fused-ring (bicyclic) bond motifs is 2. The average molecular weight is 281 g/mol. The summed E-state index contributed by atoms with van der Waals surface area (Å²) in [7, 11) is 0. The van der Waals surface area contributed by atoms with Gasteiger partial charge in [0.1, 0.15) is 17.1 Å². The van der Waals surface area contributed by atoms with Crippen LogP contribution in [0.2, 0.25) is 0 Å². The SMILES string of the molecule is O=C1c2ccccc2C(=O)c2[nH]c(-c3cscn3)nc21. The molecule has 0 saturated carbocycles. The molecular weight excluding hydrogens is 274 g/mol. The molecule has 0 amide bonds. The first-order chi connectivity index (χ1) is 9.75. The van der Waals surface area contributed by atoms with E-state index in [1.165, 1.54) is 11.3 Å². The highest BCUT2D eigenvalue weighted by Gasteiger charge is 2.33. The molecule has 4 rings (SSSR count). The summed E-state index contributed by atoms with van der Waals surface area (Å²) in [6.07, 6.45) is 0. The predicted octanol–water partition coefficient (Wildman–Crippen LogP) is 2.31. The van der Waals surface area contributed by atoms with E-state index >= 15 is 0 Å². The van der Waals surface area contributed by atoms with E-state index in [1.807, 2.05) is 5.38 Å². The number of aromatic nitrogens is 3. The average Bonchev–Trinajstić information content (AvgIpc) is 3.13. The number of nitrogens with zero attached hydrogens (tertiary/aromatic N) is 2. The van der Waals surface area contributed by atoms with E-state index < -0.39 is 0 Å². The van der Waals surface area contributed by atoms with E-state index in [0.717, 1.165) is 0 Å². The van der Waals surface area contributed by atoms with Gasteiger partial charge in [0.05, 0.1) is 5.51 Å². The molecular formula is C14H7N3O2S. The van der Waals surface area contributed by atoms with E-state index in [1.54, 1.807) is 29.8 Å². The number of carbonyl (C=O) groups excluding carboxylic acids is 2. The van der Waals surface area contributed by atoms with Crippen LogP contribution >= 0.6 is 11.3 Å². The molecule has 0 bridgehead atoms. The molecule has 1 aromatic carbocycles. The molecule has 2 heterocycles. The van der Waals surface area contributed by atoms with Gasteiger partial charge >= 0.3 is 0 Å². The molecule has 20 heavy (non-hydrogen) atoms. The Bertz CT molecular complexity index is 797. The Morgan fingerprint density at radius 1 is 1.05 bits per heavy atom. The lowest BCUT2D eigenvalue weighted by Crippen LogP contribution is -2.20. The van der Waals surface area contributed by atoms with Crippen molar-refractivity contribution in [2.45, 2.75) is 0 Å². The van der Waals surface area contributed by atoms with Gasteiger partial charge in [-0.3, -0.25) is 9.59 Å². The molecule has 1 N–H and O–H groups in total. The summed E-state index contributed by atoms with van der Waals surface area (Å²) in [4.78, 5) is 36.1. The Balaban J connectivity index is 1.94. The Morgan fingerprint density at radius 3 is 2.50 bits per heavy atom. The fourth-order valence-corrected chi connectivity index (χ4v) is 2.83. The maximum Gasteiger partial charge on any atom is 0.214 e. The lowest BCUT2D eigenvalue weighted by molar-refractivity contribution is 0.0974. The molecule has 1 aliphatic carbocycles. The molecule has 0 aliphatic heterocycles. The van der Waals surface area contributed by atoms with Crippen LogP contribution in [0.3, 0.4) is 0 Å². The van der Waals surface area contributed by atoms with Gasteiger partial charge in [0.25, 0.3) is 0 Å². The van der Waals surface area contributed by atoms with Crippen LogP contribution in [0, 0.1) is 0 Å². The molecule has 0 fully saturated rings. The predicted molar refractivity (Wildman–Crippen MR) is 73.0 cm³/mol. The van der Waals surface area contributed by atoms with Gasteiger partial charge in [0, 0.05) is 16.5 Å². The monoisotopic (exact) mass is 281 g/mol. The number of aromatic amines is 1. The van der Waals surface area contributed by atoms with E-state index in [-0.39, 0.29) is 23.0 Å². The highest BCUT2D eigenvalue weighted by atomic mass is 32.1. The van der Waals surface area contributed by atoms with E-state index in [2.05, 4.69) is 15.0 Å². The van der Waals surface area contributed by atoms with Gasteiger partial charge in [-0.05, 0) is 0 Å². The zero-order valence-corrected chi connectivity index (χ0v) is 10.9.